The third-order valence-corrected chi connectivity index (χ3v) is 4.39. The number of carbonyl (C=O) groups is 2. The number of carbonyl (C=O) groups excluding carboxylic acids is 2. The van der Waals surface area contributed by atoms with E-state index in [0.717, 1.165) is 19.5 Å². The summed E-state index contributed by atoms with van der Waals surface area (Å²) in [7, 11) is 1.80. The Morgan fingerprint density at radius 2 is 2.00 bits per heavy atom. The second-order valence-corrected chi connectivity index (χ2v) is 6.47. The molecule has 2 rings (SSSR count). The van der Waals surface area contributed by atoms with E-state index in [1.54, 1.807) is 16.8 Å². The van der Waals surface area contributed by atoms with Crippen molar-refractivity contribution in [3.63, 3.8) is 0 Å². The van der Waals surface area contributed by atoms with Crippen LogP contribution in [0.5, 0.6) is 0 Å². The smallest absolute Gasteiger partial charge is 0.247 e. The average Bonchev–Trinajstić information content (AvgIpc) is 2.35. The zero-order valence-corrected chi connectivity index (χ0v) is 12.4. The molecule has 2 heterocycles. The molecule has 2 fully saturated rings. The standard InChI is InChI=1S/C14H25N3O2/c1-10-7-11(9-15-8-10)12(18)17-6-5-16(4)13(19)14(17,2)3/h10-11,15H,5-9H2,1-4H3. The molecular weight excluding hydrogens is 242 g/mol. The van der Waals surface area contributed by atoms with Crippen LogP contribution in [0.2, 0.25) is 0 Å². The lowest BCUT2D eigenvalue weighted by atomic mass is 9.88. The SMILES string of the molecule is CC1CNCC(C(=O)N2CCN(C)C(=O)C2(C)C)C1. The van der Waals surface area contributed by atoms with E-state index in [9.17, 15) is 9.59 Å². The van der Waals surface area contributed by atoms with Crippen LogP contribution in [0.15, 0.2) is 0 Å². The lowest BCUT2D eigenvalue weighted by Gasteiger charge is -2.46. The predicted octanol–water partition coefficient (Wildman–Crippen LogP) is 0.311. The fourth-order valence-corrected chi connectivity index (χ4v) is 3.16. The van der Waals surface area contributed by atoms with Gasteiger partial charge >= 0.3 is 0 Å². The summed E-state index contributed by atoms with van der Waals surface area (Å²) in [4.78, 5) is 28.4. The summed E-state index contributed by atoms with van der Waals surface area (Å²) < 4.78 is 0. The van der Waals surface area contributed by atoms with Gasteiger partial charge in [-0.15, -0.1) is 0 Å². The van der Waals surface area contributed by atoms with Crippen molar-refractivity contribution < 1.29 is 9.59 Å². The number of likely N-dealkylation sites (N-methyl/N-ethyl adjacent to an activating group) is 1. The molecule has 5 nitrogen and oxygen atoms in total. The number of hydrogen-bond donors (Lipinski definition) is 1. The van der Waals surface area contributed by atoms with Crippen molar-refractivity contribution in [3.05, 3.63) is 0 Å². The summed E-state index contributed by atoms with van der Waals surface area (Å²) in [5.74, 6) is 0.697. The largest absolute Gasteiger partial charge is 0.342 e. The van der Waals surface area contributed by atoms with Gasteiger partial charge in [0.1, 0.15) is 5.54 Å². The molecule has 108 valence electrons. The van der Waals surface area contributed by atoms with Crippen LogP contribution in [0.1, 0.15) is 27.2 Å². The number of amides is 2. The summed E-state index contributed by atoms with van der Waals surface area (Å²) in [6.45, 7) is 8.84. The van der Waals surface area contributed by atoms with Crippen LogP contribution in [0.4, 0.5) is 0 Å². The first-order chi connectivity index (χ1) is 8.84. The maximum Gasteiger partial charge on any atom is 0.247 e. The Balaban J connectivity index is 2.12. The van der Waals surface area contributed by atoms with Crippen molar-refractivity contribution in [3.8, 4) is 0 Å². The molecule has 2 unspecified atom stereocenters. The number of rotatable bonds is 1. The second-order valence-electron chi connectivity index (χ2n) is 6.47. The minimum absolute atomic E-state index is 0.0132. The van der Waals surface area contributed by atoms with Gasteiger partial charge in [0.15, 0.2) is 0 Å². The maximum absolute atomic E-state index is 12.7. The first kappa shape index (κ1) is 14.3. The highest BCUT2D eigenvalue weighted by Crippen LogP contribution is 2.26. The lowest BCUT2D eigenvalue weighted by molar-refractivity contribution is -0.160. The molecule has 0 radical (unpaired) electrons. The molecule has 0 saturated carbocycles. The number of nitrogens with one attached hydrogen (secondary N) is 1. The van der Waals surface area contributed by atoms with E-state index in [2.05, 4.69) is 12.2 Å². The van der Waals surface area contributed by atoms with Crippen molar-refractivity contribution in [1.82, 2.24) is 15.1 Å². The molecule has 2 aliphatic heterocycles. The van der Waals surface area contributed by atoms with Gasteiger partial charge in [-0.05, 0) is 32.7 Å². The zero-order valence-electron chi connectivity index (χ0n) is 12.4. The van der Waals surface area contributed by atoms with Gasteiger partial charge in [0, 0.05) is 26.7 Å². The van der Waals surface area contributed by atoms with E-state index < -0.39 is 5.54 Å². The van der Waals surface area contributed by atoms with Crippen molar-refractivity contribution >= 4 is 11.8 Å². The molecule has 0 aromatic carbocycles. The van der Waals surface area contributed by atoms with Gasteiger partial charge in [-0.25, -0.2) is 0 Å². The topological polar surface area (TPSA) is 52.7 Å². The fourth-order valence-electron chi connectivity index (χ4n) is 3.16. The molecular formula is C14H25N3O2. The lowest BCUT2D eigenvalue weighted by Crippen LogP contribution is -2.65. The van der Waals surface area contributed by atoms with Gasteiger partial charge in [0.25, 0.3) is 0 Å². The minimum atomic E-state index is -0.717. The van der Waals surface area contributed by atoms with Crippen LogP contribution in [0, 0.1) is 11.8 Å². The third-order valence-electron chi connectivity index (χ3n) is 4.39. The summed E-state index contributed by atoms with van der Waals surface area (Å²) >= 11 is 0. The molecule has 19 heavy (non-hydrogen) atoms. The van der Waals surface area contributed by atoms with Gasteiger partial charge < -0.3 is 15.1 Å². The molecule has 0 aromatic heterocycles. The Kier molecular flexibility index (Phi) is 3.85. The van der Waals surface area contributed by atoms with Gasteiger partial charge in [0.05, 0.1) is 5.92 Å². The molecule has 2 saturated heterocycles. The molecule has 0 aromatic rings. The Morgan fingerprint density at radius 1 is 1.32 bits per heavy atom. The Hall–Kier alpha value is -1.10. The van der Waals surface area contributed by atoms with Crippen LogP contribution >= 0.6 is 0 Å². The molecule has 1 N–H and O–H groups in total. The highest BCUT2D eigenvalue weighted by atomic mass is 16.2. The van der Waals surface area contributed by atoms with E-state index in [1.165, 1.54) is 0 Å². The first-order valence-electron chi connectivity index (χ1n) is 7.11. The molecule has 2 aliphatic rings. The summed E-state index contributed by atoms with van der Waals surface area (Å²) in [6.07, 6.45) is 0.919. The van der Waals surface area contributed by atoms with E-state index in [-0.39, 0.29) is 17.7 Å². The van der Waals surface area contributed by atoms with Crippen molar-refractivity contribution in [1.29, 1.82) is 0 Å². The first-order valence-corrected chi connectivity index (χ1v) is 7.11. The normalized spacial score (nSPS) is 31.5. The van der Waals surface area contributed by atoms with Gasteiger partial charge in [-0.3, -0.25) is 9.59 Å². The van der Waals surface area contributed by atoms with Crippen LogP contribution in [-0.4, -0.2) is 60.4 Å². The molecule has 0 aliphatic carbocycles. The van der Waals surface area contributed by atoms with Gasteiger partial charge in [0.2, 0.25) is 11.8 Å². The monoisotopic (exact) mass is 267 g/mol. The zero-order chi connectivity index (χ0) is 14.2. The Morgan fingerprint density at radius 3 is 2.63 bits per heavy atom. The molecule has 5 heteroatoms. The van der Waals surface area contributed by atoms with Crippen LogP contribution in [0.25, 0.3) is 0 Å². The number of piperazine rings is 1. The van der Waals surface area contributed by atoms with Crippen molar-refractivity contribution in [2.75, 3.05) is 33.2 Å². The van der Waals surface area contributed by atoms with E-state index in [0.29, 0.717) is 19.0 Å². The summed E-state index contributed by atoms with van der Waals surface area (Å²) in [5, 5.41) is 3.31. The molecule has 0 bridgehead atoms. The van der Waals surface area contributed by atoms with E-state index >= 15 is 0 Å². The minimum Gasteiger partial charge on any atom is -0.342 e. The average molecular weight is 267 g/mol. The maximum atomic E-state index is 12.7. The van der Waals surface area contributed by atoms with Crippen LogP contribution < -0.4 is 5.32 Å². The summed E-state index contributed by atoms with van der Waals surface area (Å²) in [6, 6.07) is 0. The predicted molar refractivity (Wildman–Crippen MR) is 73.6 cm³/mol. The second kappa shape index (κ2) is 5.12. The molecule has 2 amide bonds. The van der Waals surface area contributed by atoms with E-state index in [4.69, 9.17) is 0 Å². The van der Waals surface area contributed by atoms with Crippen LogP contribution in [-0.2, 0) is 9.59 Å². The Bertz CT molecular complexity index is 381. The van der Waals surface area contributed by atoms with Crippen molar-refractivity contribution in [2.45, 2.75) is 32.7 Å². The highest BCUT2D eigenvalue weighted by molar-refractivity contribution is 5.92. The van der Waals surface area contributed by atoms with Gasteiger partial charge in [-0.1, -0.05) is 6.92 Å². The van der Waals surface area contributed by atoms with Gasteiger partial charge in [-0.2, -0.15) is 0 Å². The Labute approximate surface area is 115 Å². The number of hydrogen-bond acceptors (Lipinski definition) is 3. The van der Waals surface area contributed by atoms with Crippen LogP contribution in [0.3, 0.4) is 0 Å². The summed E-state index contributed by atoms with van der Waals surface area (Å²) in [5.41, 5.74) is -0.717. The highest BCUT2D eigenvalue weighted by Gasteiger charge is 2.44. The molecule has 0 spiro atoms. The number of nitrogens with zero attached hydrogens (tertiary/aromatic N) is 2. The molecule has 2 atom stereocenters. The van der Waals surface area contributed by atoms with Crippen molar-refractivity contribution in [2.24, 2.45) is 11.8 Å². The number of piperidine rings is 1. The fraction of sp³-hybridized carbons (Fsp3) is 0.857. The third kappa shape index (κ3) is 2.61. The quantitative estimate of drug-likeness (QED) is 0.744. The van der Waals surface area contributed by atoms with E-state index in [1.807, 2.05) is 13.8 Å².